The number of anilines is 2. The average Bonchev–Trinajstić information content (AvgIpc) is 3.01. The minimum Gasteiger partial charge on any atom is -0.497 e. The fraction of sp³-hybridized carbons (Fsp3) is 0.100. The Morgan fingerprint density at radius 3 is 2.27 bits per heavy atom. The second kappa shape index (κ2) is 6.07. The number of benzene rings is 2. The fourth-order valence-electron chi connectivity index (χ4n) is 3.06. The van der Waals surface area contributed by atoms with Gasteiger partial charge >= 0.3 is 0 Å². The van der Waals surface area contributed by atoms with Crippen molar-refractivity contribution in [2.75, 3.05) is 18.6 Å². The Balaban J connectivity index is 1.94. The maximum Gasteiger partial charge on any atom is 0.157 e. The number of hydrogen-bond donors (Lipinski definition) is 2. The van der Waals surface area contributed by atoms with Gasteiger partial charge in [-0.05, 0) is 31.2 Å². The Hall–Kier alpha value is -3.54. The number of aryl methyl sites for hydroxylation is 1. The van der Waals surface area contributed by atoms with Crippen molar-refractivity contribution in [3.05, 3.63) is 60.3 Å². The molecule has 2 aromatic heterocycles. The van der Waals surface area contributed by atoms with Crippen LogP contribution in [0.15, 0.2) is 54.7 Å². The first-order chi connectivity index (χ1) is 12.6. The Kier molecular flexibility index (Phi) is 3.73. The molecule has 4 N–H and O–H groups in total. The smallest absolute Gasteiger partial charge is 0.157 e. The molecule has 0 radical (unpaired) electrons. The lowest BCUT2D eigenvalue weighted by Crippen LogP contribution is -2.00. The molecule has 0 unspecified atom stereocenters. The molecule has 0 saturated heterocycles. The molecule has 6 nitrogen and oxygen atoms in total. The van der Waals surface area contributed by atoms with Gasteiger partial charge in [-0.25, -0.2) is 0 Å². The zero-order chi connectivity index (χ0) is 18.3. The summed E-state index contributed by atoms with van der Waals surface area (Å²) in [5.74, 6) is 1.64. The fourth-order valence-corrected chi connectivity index (χ4v) is 3.06. The summed E-state index contributed by atoms with van der Waals surface area (Å²) >= 11 is 0. The molecule has 0 aliphatic carbocycles. The first-order valence-electron chi connectivity index (χ1n) is 8.22. The van der Waals surface area contributed by atoms with Crippen molar-refractivity contribution in [1.29, 1.82) is 0 Å². The highest BCUT2D eigenvalue weighted by molar-refractivity contribution is 6.06. The van der Waals surface area contributed by atoms with Crippen LogP contribution in [0.3, 0.4) is 0 Å². The molecule has 0 bridgehead atoms. The van der Waals surface area contributed by atoms with Gasteiger partial charge in [0.05, 0.1) is 12.5 Å². The monoisotopic (exact) mass is 345 g/mol. The molecule has 0 spiro atoms. The molecule has 0 atom stereocenters. The van der Waals surface area contributed by atoms with E-state index >= 15 is 0 Å². The van der Waals surface area contributed by atoms with Gasteiger partial charge in [0.2, 0.25) is 0 Å². The quantitative estimate of drug-likeness (QED) is 0.592. The van der Waals surface area contributed by atoms with Crippen LogP contribution in [0.25, 0.3) is 27.7 Å². The summed E-state index contributed by atoms with van der Waals surface area (Å²) in [6, 6.07) is 15.8. The summed E-state index contributed by atoms with van der Waals surface area (Å²) in [4.78, 5) is 0. The van der Waals surface area contributed by atoms with Crippen molar-refractivity contribution in [2.24, 2.45) is 0 Å². The van der Waals surface area contributed by atoms with Crippen molar-refractivity contribution < 1.29 is 4.74 Å². The second-order valence-electron chi connectivity index (χ2n) is 6.17. The van der Waals surface area contributed by atoms with Crippen LogP contribution < -0.4 is 16.2 Å². The van der Waals surface area contributed by atoms with E-state index < -0.39 is 0 Å². The van der Waals surface area contributed by atoms with E-state index in [1.54, 1.807) is 7.11 Å². The number of methoxy groups -OCH3 is 1. The van der Waals surface area contributed by atoms with Crippen molar-refractivity contribution in [1.82, 2.24) is 14.8 Å². The third-order valence-corrected chi connectivity index (χ3v) is 4.49. The lowest BCUT2D eigenvalue weighted by Gasteiger charge is -2.07. The molecule has 6 heteroatoms. The number of aromatic nitrogens is 3. The number of fused-ring (bicyclic) bond motifs is 1. The number of rotatable bonds is 3. The number of nitrogens with two attached hydrogens (primary N) is 2. The molecule has 4 rings (SSSR count). The van der Waals surface area contributed by atoms with Gasteiger partial charge in [0, 0.05) is 22.8 Å². The van der Waals surface area contributed by atoms with Gasteiger partial charge in [0.1, 0.15) is 17.3 Å². The molecule has 0 aliphatic heterocycles. The first-order valence-corrected chi connectivity index (χ1v) is 8.22. The third-order valence-electron chi connectivity index (χ3n) is 4.49. The Morgan fingerprint density at radius 1 is 0.923 bits per heavy atom. The maximum atomic E-state index is 6.40. The molecular formula is C20H19N5O. The predicted molar refractivity (Wildman–Crippen MR) is 104 cm³/mol. The summed E-state index contributed by atoms with van der Waals surface area (Å²) in [5, 5.41) is 10.0. The van der Waals surface area contributed by atoms with Crippen LogP contribution >= 0.6 is 0 Å². The Morgan fingerprint density at radius 2 is 1.62 bits per heavy atom. The van der Waals surface area contributed by atoms with E-state index in [1.807, 2.05) is 66.2 Å². The summed E-state index contributed by atoms with van der Waals surface area (Å²) in [5.41, 5.74) is 16.3. The lowest BCUT2D eigenvalue weighted by molar-refractivity contribution is 0.415. The molecule has 4 aromatic rings. The molecule has 130 valence electrons. The summed E-state index contributed by atoms with van der Waals surface area (Å²) in [6.07, 6.45) is 1.95. The van der Waals surface area contributed by atoms with Crippen LogP contribution in [0.2, 0.25) is 0 Å². The van der Waals surface area contributed by atoms with Crippen LogP contribution in [0.4, 0.5) is 11.6 Å². The Bertz CT molecular complexity index is 1080. The zero-order valence-corrected chi connectivity index (χ0v) is 14.6. The topological polar surface area (TPSA) is 92.0 Å². The predicted octanol–water partition coefficient (Wildman–Crippen LogP) is 3.57. The molecule has 26 heavy (non-hydrogen) atoms. The second-order valence-corrected chi connectivity index (χ2v) is 6.17. The number of hydrogen-bond acceptors (Lipinski definition) is 5. The molecule has 0 saturated carbocycles. The van der Waals surface area contributed by atoms with Gasteiger partial charge in [0.25, 0.3) is 0 Å². The van der Waals surface area contributed by atoms with E-state index in [2.05, 4.69) is 10.2 Å². The van der Waals surface area contributed by atoms with Gasteiger partial charge in [0.15, 0.2) is 5.82 Å². The van der Waals surface area contributed by atoms with Crippen LogP contribution in [-0.4, -0.2) is 21.9 Å². The first kappa shape index (κ1) is 16.0. The van der Waals surface area contributed by atoms with E-state index in [0.717, 1.165) is 28.1 Å². The third kappa shape index (κ3) is 2.52. The number of ether oxygens (including phenoxy) is 1. The SMILES string of the molecule is COc1ccc(-n2cc3c(-c4ccc(C)cc4)nnc(N)c3c2N)cc1. The minimum absolute atomic E-state index is 0.320. The van der Waals surface area contributed by atoms with Crippen LogP contribution in [0.5, 0.6) is 5.75 Å². The van der Waals surface area contributed by atoms with E-state index in [-0.39, 0.29) is 0 Å². The standard InChI is InChI=1S/C20H19N5O/c1-12-3-5-13(6-4-12)18-16-11-25(14-7-9-15(26-2)10-8-14)20(22)17(16)19(21)24-23-18/h3-11H,22H2,1-2H3,(H2,21,24). The van der Waals surface area contributed by atoms with Gasteiger partial charge in [-0.2, -0.15) is 0 Å². The normalized spacial score (nSPS) is 11.0. The summed E-state index contributed by atoms with van der Waals surface area (Å²) in [7, 11) is 1.64. The van der Waals surface area contributed by atoms with Gasteiger partial charge in [-0.3, -0.25) is 0 Å². The average molecular weight is 345 g/mol. The highest BCUT2D eigenvalue weighted by atomic mass is 16.5. The van der Waals surface area contributed by atoms with Crippen LogP contribution in [0.1, 0.15) is 5.56 Å². The van der Waals surface area contributed by atoms with Crippen molar-refractivity contribution in [2.45, 2.75) is 6.92 Å². The van der Waals surface area contributed by atoms with E-state index in [1.165, 1.54) is 5.56 Å². The largest absolute Gasteiger partial charge is 0.497 e. The van der Waals surface area contributed by atoms with Gasteiger partial charge < -0.3 is 20.8 Å². The van der Waals surface area contributed by atoms with Gasteiger partial charge in [-0.1, -0.05) is 29.8 Å². The molecule has 2 heterocycles. The maximum absolute atomic E-state index is 6.40. The molecule has 0 aliphatic rings. The van der Waals surface area contributed by atoms with Gasteiger partial charge in [-0.15, -0.1) is 10.2 Å². The number of nitrogens with zero attached hydrogens (tertiary/aromatic N) is 3. The van der Waals surface area contributed by atoms with Crippen molar-refractivity contribution in [3.63, 3.8) is 0 Å². The number of nitrogen functional groups attached to an aromatic ring is 2. The molecular weight excluding hydrogens is 326 g/mol. The Labute approximate surface area is 151 Å². The van der Waals surface area contributed by atoms with Crippen LogP contribution in [-0.2, 0) is 0 Å². The highest BCUT2D eigenvalue weighted by Crippen LogP contribution is 2.35. The minimum atomic E-state index is 0.320. The van der Waals surface area contributed by atoms with E-state index in [4.69, 9.17) is 16.2 Å². The summed E-state index contributed by atoms with van der Waals surface area (Å²) < 4.78 is 7.11. The molecule has 0 fully saturated rings. The van der Waals surface area contributed by atoms with E-state index in [9.17, 15) is 0 Å². The lowest BCUT2D eigenvalue weighted by atomic mass is 10.1. The molecule has 2 aromatic carbocycles. The van der Waals surface area contributed by atoms with E-state index in [0.29, 0.717) is 17.0 Å². The summed E-state index contributed by atoms with van der Waals surface area (Å²) in [6.45, 7) is 2.05. The van der Waals surface area contributed by atoms with Crippen molar-refractivity contribution in [3.8, 4) is 22.7 Å². The highest BCUT2D eigenvalue weighted by Gasteiger charge is 2.17. The zero-order valence-electron chi connectivity index (χ0n) is 14.6. The van der Waals surface area contributed by atoms with Crippen molar-refractivity contribution >= 4 is 22.4 Å². The molecule has 0 amide bonds. The van der Waals surface area contributed by atoms with Crippen LogP contribution in [0, 0.1) is 6.92 Å².